The molecule has 1 aromatic carbocycles. The number of amides is 1. The summed E-state index contributed by atoms with van der Waals surface area (Å²) in [7, 11) is 0. The van der Waals surface area contributed by atoms with Crippen LogP contribution in [0, 0.1) is 25.6 Å². The average Bonchev–Trinajstić information content (AvgIpc) is 3.15. The number of piperidine rings is 1. The fraction of sp³-hybridized carbons (Fsp3) is 0.375. The minimum Gasteiger partial charge on any atom is -0.368 e. The van der Waals surface area contributed by atoms with Crippen LogP contribution >= 0.6 is 11.3 Å². The molecule has 3 aromatic rings. The number of likely N-dealkylation sites (tertiary alicyclic amines) is 1. The van der Waals surface area contributed by atoms with Gasteiger partial charge in [0.05, 0.1) is 15.9 Å². The van der Waals surface area contributed by atoms with Gasteiger partial charge in [0.25, 0.3) is 5.91 Å². The number of aryl methyl sites for hydroxylation is 2. The molecule has 7 heteroatoms. The van der Waals surface area contributed by atoms with Gasteiger partial charge in [0, 0.05) is 19.3 Å². The Hall–Kier alpha value is -2.80. The van der Waals surface area contributed by atoms with Crippen LogP contribution in [0.1, 0.15) is 40.8 Å². The van der Waals surface area contributed by atoms with Crippen molar-refractivity contribution < 1.29 is 9.18 Å². The van der Waals surface area contributed by atoms with Gasteiger partial charge >= 0.3 is 0 Å². The van der Waals surface area contributed by atoms with Gasteiger partial charge in [0.1, 0.15) is 17.3 Å². The van der Waals surface area contributed by atoms with Crippen LogP contribution in [0.4, 0.5) is 10.2 Å². The van der Waals surface area contributed by atoms with Crippen molar-refractivity contribution in [1.82, 2.24) is 14.9 Å². The number of hydrogen-bond donors (Lipinski definition) is 1. The van der Waals surface area contributed by atoms with E-state index >= 15 is 0 Å². The Kier molecular flexibility index (Phi) is 6.32. The molecule has 1 saturated heterocycles. The summed E-state index contributed by atoms with van der Waals surface area (Å²) in [6.07, 6.45) is 3.89. The molecule has 4 rings (SSSR count). The van der Waals surface area contributed by atoms with Crippen LogP contribution in [0.3, 0.4) is 0 Å². The zero-order chi connectivity index (χ0) is 22.0. The fourth-order valence-electron chi connectivity index (χ4n) is 4.10. The third-order valence-electron chi connectivity index (χ3n) is 5.82. The summed E-state index contributed by atoms with van der Waals surface area (Å²) in [5, 5.41) is 4.23. The second kappa shape index (κ2) is 9.14. The number of pyridine rings is 1. The molecule has 1 aliphatic heterocycles. The molecular formula is C24H27FN4OS. The maximum Gasteiger partial charge on any atom is 0.274 e. The largest absolute Gasteiger partial charge is 0.368 e. The van der Waals surface area contributed by atoms with Crippen molar-refractivity contribution in [2.45, 2.75) is 39.7 Å². The molecule has 1 amide bonds. The van der Waals surface area contributed by atoms with E-state index in [0.717, 1.165) is 39.7 Å². The topological polar surface area (TPSA) is 58.1 Å². The number of nitrogens with one attached hydrogen (secondary N) is 1. The lowest BCUT2D eigenvalue weighted by molar-refractivity contribution is 0.0535. The first-order valence-corrected chi connectivity index (χ1v) is 11.4. The number of nitrogens with zero attached hydrogens (tertiary/aromatic N) is 3. The lowest BCUT2D eigenvalue weighted by Gasteiger charge is -2.40. The Morgan fingerprint density at radius 3 is 2.71 bits per heavy atom. The van der Waals surface area contributed by atoms with Crippen LogP contribution in [0.15, 0.2) is 42.6 Å². The molecule has 1 aliphatic rings. The molecule has 0 radical (unpaired) electrons. The predicted molar refractivity (Wildman–Crippen MR) is 123 cm³/mol. The summed E-state index contributed by atoms with van der Waals surface area (Å²) in [6, 6.07) is 10.3. The highest BCUT2D eigenvalue weighted by Gasteiger charge is 2.34. The molecule has 1 fully saturated rings. The number of rotatable bonds is 5. The average molecular weight is 439 g/mol. The predicted octanol–water partition coefficient (Wildman–Crippen LogP) is 5.31. The summed E-state index contributed by atoms with van der Waals surface area (Å²) in [5.74, 6) is 0.828. The monoisotopic (exact) mass is 438 g/mol. The van der Waals surface area contributed by atoms with Gasteiger partial charge in [-0.2, -0.15) is 0 Å². The second-order valence-electron chi connectivity index (χ2n) is 8.20. The molecule has 3 heterocycles. The zero-order valence-corrected chi connectivity index (χ0v) is 18.9. The number of hydrogen-bond acceptors (Lipinski definition) is 5. The third-order valence-corrected chi connectivity index (χ3v) is 6.84. The highest BCUT2D eigenvalue weighted by atomic mass is 32.1. The molecule has 5 nitrogen and oxygen atoms in total. The molecule has 2 aromatic heterocycles. The van der Waals surface area contributed by atoms with Crippen molar-refractivity contribution >= 4 is 23.1 Å². The molecule has 0 saturated carbocycles. The van der Waals surface area contributed by atoms with Gasteiger partial charge in [-0.3, -0.25) is 4.79 Å². The van der Waals surface area contributed by atoms with Crippen molar-refractivity contribution in [3.05, 3.63) is 64.7 Å². The molecule has 1 N–H and O–H groups in total. The van der Waals surface area contributed by atoms with E-state index in [0.29, 0.717) is 24.7 Å². The maximum atomic E-state index is 13.6. The van der Waals surface area contributed by atoms with Crippen LogP contribution in [0.5, 0.6) is 0 Å². The van der Waals surface area contributed by atoms with Crippen LogP contribution in [0.25, 0.3) is 10.4 Å². The van der Waals surface area contributed by atoms with Gasteiger partial charge in [-0.15, -0.1) is 11.3 Å². The van der Waals surface area contributed by atoms with E-state index in [2.05, 4.69) is 22.2 Å². The lowest BCUT2D eigenvalue weighted by Crippen LogP contribution is -2.51. The first kappa shape index (κ1) is 21.4. The summed E-state index contributed by atoms with van der Waals surface area (Å²) in [5.41, 5.74) is 2.39. The number of carbonyl (C=O) groups excluding carboxylic acids is 1. The molecule has 0 aliphatic carbocycles. The Labute approximate surface area is 186 Å². The molecule has 31 heavy (non-hydrogen) atoms. The van der Waals surface area contributed by atoms with Crippen molar-refractivity contribution in [1.29, 1.82) is 0 Å². The van der Waals surface area contributed by atoms with E-state index < -0.39 is 0 Å². The van der Waals surface area contributed by atoms with E-state index in [9.17, 15) is 9.18 Å². The summed E-state index contributed by atoms with van der Waals surface area (Å²) in [4.78, 5) is 25.4. The van der Waals surface area contributed by atoms with Crippen LogP contribution in [-0.4, -0.2) is 39.9 Å². The molecule has 2 unspecified atom stereocenters. The fourth-order valence-corrected chi connectivity index (χ4v) is 5.01. The van der Waals surface area contributed by atoms with E-state index in [1.54, 1.807) is 12.1 Å². The maximum absolute atomic E-state index is 13.6. The Bertz CT molecular complexity index is 1050. The number of thiazole rings is 1. The van der Waals surface area contributed by atoms with E-state index in [1.165, 1.54) is 23.5 Å². The van der Waals surface area contributed by atoms with Crippen LogP contribution in [0.2, 0.25) is 0 Å². The van der Waals surface area contributed by atoms with Crippen molar-refractivity contribution in [2.24, 2.45) is 5.92 Å². The van der Waals surface area contributed by atoms with Gasteiger partial charge in [-0.25, -0.2) is 14.4 Å². The lowest BCUT2D eigenvalue weighted by atomic mass is 9.90. The summed E-state index contributed by atoms with van der Waals surface area (Å²) in [6.45, 7) is 7.44. The number of carbonyl (C=O) groups is 1. The van der Waals surface area contributed by atoms with E-state index in [-0.39, 0.29) is 17.8 Å². The second-order valence-corrected chi connectivity index (χ2v) is 9.41. The molecule has 162 valence electrons. The quantitative estimate of drug-likeness (QED) is 0.586. The van der Waals surface area contributed by atoms with Gasteiger partial charge in [0.15, 0.2) is 0 Å². The van der Waals surface area contributed by atoms with Gasteiger partial charge in [-0.1, -0.05) is 25.1 Å². The van der Waals surface area contributed by atoms with Crippen molar-refractivity contribution in [3.63, 3.8) is 0 Å². The number of benzene rings is 1. The minimum absolute atomic E-state index is 0.0485. The van der Waals surface area contributed by atoms with E-state index in [1.807, 2.05) is 37.1 Å². The van der Waals surface area contributed by atoms with Crippen molar-refractivity contribution in [2.75, 3.05) is 18.4 Å². The van der Waals surface area contributed by atoms with E-state index in [4.69, 9.17) is 0 Å². The molecule has 0 spiro atoms. The summed E-state index contributed by atoms with van der Waals surface area (Å²) >= 11 is 1.47. The number of anilines is 1. The van der Waals surface area contributed by atoms with Crippen LogP contribution in [-0.2, 0) is 0 Å². The van der Waals surface area contributed by atoms with Gasteiger partial charge in [-0.05, 0) is 61.9 Å². The Balaban J connectivity index is 1.58. The SMILES string of the molecule is Cc1ccc(NCC2C(C)CCCN2C(=O)c2nc(C)sc2-c2ccc(F)cc2)nc1. The smallest absolute Gasteiger partial charge is 0.274 e. The molecular weight excluding hydrogens is 411 g/mol. The van der Waals surface area contributed by atoms with Crippen molar-refractivity contribution in [3.8, 4) is 10.4 Å². The molecule has 0 bridgehead atoms. The first-order valence-electron chi connectivity index (χ1n) is 10.6. The Morgan fingerprint density at radius 1 is 1.23 bits per heavy atom. The zero-order valence-electron chi connectivity index (χ0n) is 18.1. The highest BCUT2D eigenvalue weighted by molar-refractivity contribution is 7.15. The Morgan fingerprint density at radius 2 is 2.00 bits per heavy atom. The summed E-state index contributed by atoms with van der Waals surface area (Å²) < 4.78 is 13.4. The molecule has 2 atom stereocenters. The first-order chi connectivity index (χ1) is 14.9. The highest BCUT2D eigenvalue weighted by Crippen LogP contribution is 2.33. The van der Waals surface area contributed by atoms with Gasteiger partial charge in [0.2, 0.25) is 0 Å². The third kappa shape index (κ3) is 4.77. The standard InChI is InChI=1S/C24H27FN4OS/c1-15-6-11-21(26-13-15)27-14-20-16(2)5-4-12-29(20)24(30)22-23(31-17(3)28-22)18-7-9-19(25)10-8-18/h6-11,13,16,20H,4-5,12,14H2,1-3H3,(H,26,27). The normalized spacial score (nSPS) is 18.8. The van der Waals surface area contributed by atoms with Crippen LogP contribution < -0.4 is 5.32 Å². The minimum atomic E-state index is -0.293. The number of aromatic nitrogens is 2. The number of halogens is 1. The van der Waals surface area contributed by atoms with Gasteiger partial charge < -0.3 is 10.2 Å².